The van der Waals surface area contributed by atoms with Crippen LogP contribution in [0.25, 0.3) is 22.2 Å². The number of H-pyrrole nitrogens is 1. The first-order valence-corrected chi connectivity index (χ1v) is 8.17. The van der Waals surface area contributed by atoms with Crippen LogP contribution in [0.15, 0.2) is 63.8 Å². The minimum atomic E-state index is -0.625. The highest BCUT2D eigenvalue weighted by Gasteiger charge is 2.15. The average Bonchev–Trinajstić information content (AvgIpc) is 3.11. The third-order valence-corrected chi connectivity index (χ3v) is 4.09. The number of hydrogen-bond acceptors (Lipinski definition) is 4. The number of aromatic nitrogens is 2. The molecule has 1 amide bonds. The maximum absolute atomic E-state index is 13.3. The molecule has 7 heteroatoms. The van der Waals surface area contributed by atoms with Crippen molar-refractivity contribution in [1.29, 1.82) is 0 Å². The Morgan fingerprint density at radius 3 is 2.67 bits per heavy atom. The van der Waals surface area contributed by atoms with Crippen LogP contribution < -0.4 is 10.7 Å². The summed E-state index contributed by atoms with van der Waals surface area (Å²) >= 11 is 0. The van der Waals surface area contributed by atoms with E-state index in [1.807, 2.05) is 31.2 Å². The van der Waals surface area contributed by atoms with Gasteiger partial charge in [-0.1, -0.05) is 29.8 Å². The summed E-state index contributed by atoms with van der Waals surface area (Å²) in [5.74, 6) is -1.07. The lowest BCUT2D eigenvalue weighted by Crippen LogP contribution is -2.15. The molecule has 27 heavy (non-hydrogen) atoms. The fourth-order valence-electron chi connectivity index (χ4n) is 2.69. The Morgan fingerprint density at radius 2 is 1.89 bits per heavy atom. The second-order valence-electron chi connectivity index (χ2n) is 6.10. The molecule has 6 nitrogen and oxygen atoms in total. The van der Waals surface area contributed by atoms with Crippen LogP contribution in [0.1, 0.15) is 16.1 Å². The van der Waals surface area contributed by atoms with Crippen molar-refractivity contribution in [3.63, 3.8) is 0 Å². The number of nitrogens with zero attached hydrogens (tertiary/aromatic N) is 1. The number of fused-ring (bicyclic) bond motifs is 1. The van der Waals surface area contributed by atoms with Crippen molar-refractivity contribution in [3.05, 3.63) is 82.0 Å². The molecule has 4 aromatic rings. The molecule has 0 saturated heterocycles. The van der Waals surface area contributed by atoms with Crippen LogP contribution in [0.5, 0.6) is 0 Å². The highest BCUT2D eigenvalue weighted by molar-refractivity contribution is 6.02. The summed E-state index contributed by atoms with van der Waals surface area (Å²) in [6.07, 6.45) is 0. The first-order valence-electron chi connectivity index (χ1n) is 8.17. The second kappa shape index (κ2) is 6.53. The maximum Gasteiger partial charge on any atom is 0.292 e. The molecule has 0 radical (unpaired) electrons. The Balaban J connectivity index is 1.59. The Labute approximate surface area is 152 Å². The number of carbonyl (C=O) groups is 1. The van der Waals surface area contributed by atoms with E-state index in [2.05, 4.69) is 15.5 Å². The first kappa shape index (κ1) is 16.7. The topological polar surface area (TPSA) is 88.0 Å². The smallest absolute Gasteiger partial charge is 0.292 e. The van der Waals surface area contributed by atoms with Crippen LogP contribution in [-0.2, 0) is 0 Å². The minimum Gasteiger partial charge on any atom is -0.451 e. The Kier molecular flexibility index (Phi) is 4.04. The van der Waals surface area contributed by atoms with E-state index in [4.69, 9.17) is 4.42 Å². The van der Waals surface area contributed by atoms with Gasteiger partial charge in [0.2, 0.25) is 0 Å². The fraction of sp³-hybridized carbons (Fsp3) is 0.0500. The molecule has 2 aromatic carbocycles. The predicted molar refractivity (Wildman–Crippen MR) is 99.2 cm³/mol. The minimum absolute atomic E-state index is 0.0768. The maximum atomic E-state index is 13.3. The molecule has 0 aliphatic rings. The van der Waals surface area contributed by atoms with Gasteiger partial charge in [0, 0.05) is 12.1 Å². The second-order valence-corrected chi connectivity index (χ2v) is 6.10. The normalized spacial score (nSPS) is 10.9. The SMILES string of the molecule is Cc1ccc(-c2cc(NC(=O)c3cc(=O)c4cc(F)ccc4o3)n[nH]2)cc1. The molecule has 4 rings (SSSR count). The van der Waals surface area contributed by atoms with E-state index in [0.29, 0.717) is 0 Å². The molecular formula is C20H14FN3O3. The third kappa shape index (κ3) is 3.35. The van der Waals surface area contributed by atoms with Gasteiger partial charge in [-0.25, -0.2) is 4.39 Å². The van der Waals surface area contributed by atoms with Crippen molar-refractivity contribution >= 4 is 22.7 Å². The fourth-order valence-corrected chi connectivity index (χ4v) is 2.69. The van der Waals surface area contributed by atoms with Crippen molar-refractivity contribution in [2.45, 2.75) is 6.92 Å². The van der Waals surface area contributed by atoms with E-state index in [1.54, 1.807) is 6.07 Å². The zero-order chi connectivity index (χ0) is 19.0. The summed E-state index contributed by atoms with van der Waals surface area (Å²) in [4.78, 5) is 24.5. The van der Waals surface area contributed by atoms with Gasteiger partial charge in [0.05, 0.1) is 11.1 Å². The van der Waals surface area contributed by atoms with Crippen LogP contribution in [-0.4, -0.2) is 16.1 Å². The number of aryl methyl sites for hydroxylation is 1. The summed E-state index contributed by atoms with van der Waals surface area (Å²) in [7, 11) is 0. The summed E-state index contributed by atoms with van der Waals surface area (Å²) in [6, 6.07) is 14.1. The Hall–Kier alpha value is -3.74. The average molecular weight is 363 g/mol. The van der Waals surface area contributed by atoms with Gasteiger partial charge in [-0.3, -0.25) is 14.7 Å². The number of rotatable bonds is 3. The number of amides is 1. The largest absolute Gasteiger partial charge is 0.451 e. The van der Waals surface area contributed by atoms with Crippen LogP contribution in [0.2, 0.25) is 0 Å². The van der Waals surface area contributed by atoms with E-state index in [9.17, 15) is 14.0 Å². The molecule has 134 valence electrons. The van der Waals surface area contributed by atoms with E-state index in [1.165, 1.54) is 6.07 Å². The molecule has 2 heterocycles. The molecule has 0 saturated carbocycles. The molecule has 0 aliphatic carbocycles. The van der Waals surface area contributed by atoms with Crippen molar-refractivity contribution in [1.82, 2.24) is 10.2 Å². The highest BCUT2D eigenvalue weighted by Crippen LogP contribution is 2.21. The number of anilines is 1. The van der Waals surface area contributed by atoms with Crippen molar-refractivity contribution in [2.75, 3.05) is 5.32 Å². The van der Waals surface area contributed by atoms with Gasteiger partial charge >= 0.3 is 0 Å². The third-order valence-electron chi connectivity index (χ3n) is 4.09. The molecule has 0 fully saturated rings. The van der Waals surface area contributed by atoms with Crippen molar-refractivity contribution in [2.24, 2.45) is 0 Å². The van der Waals surface area contributed by atoms with E-state index < -0.39 is 17.2 Å². The Morgan fingerprint density at radius 1 is 1.11 bits per heavy atom. The molecule has 0 atom stereocenters. The number of aromatic amines is 1. The first-order chi connectivity index (χ1) is 13.0. The number of carbonyl (C=O) groups excluding carboxylic acids is 1. The molecule has 0 spiro atoms. The van der Waals surface area contributed by atoms with E-state index in [-0.39, 0.29) is 22.5 Å². The lowest BCUT2D eigenvalue weighted by molar-refractivity contribution is 0.0997. The van der Waals surface area contributed by atoms with Crippen LogP contribution >= 0.6 is 0 Å². The van der Waals surface area contributed by atoms with E-state index in [0.717, 1.165) is 35.0 Å². The molecule has 2 aromatic heterocycles. The van der Waals surface area contributed by atoms with Crippen LogP contribution in [0.3, 0.4) is 0 Å². The zero-order valence-electron chi connectivity index (χ0n) is 14.2. The number of hydrogen-bond donors (Lipinski definition) is 2. The monoisotopic (exact) mass is 363 g/mol. The number of halogens is 1. The molecular weight excluding hydrogens is 349 g/mol. The summed E-state index contributed by atoms with van der Waals surface area (Å²) in [5, 5.41) is 9.55. The summed E-state index contributed by atoms with van der Waals surface area (Å²) in [5.41, 5.74) is 2.44. The molecule has 0 aliphatic heterocycles. The lowest BCUT2D eigenvalue weighted by Gasteiger charge is -2.03. The Bertz CT molecular complexity index is 1210. The van der Waals surface area contributed by atoms with Gasteiger partial charge in [0.1, 0.15) is 11.4 Å². The lowest BCUT2D eigenvalue weighted by atomic mass is 10.1. The summed E-state index contributed by atoms with van der Waals surface area (Å²) in [6.45, 7) is 1.99. The van der Waals surface area contributed by atoms with Gasteiger partial charge in [0.15, 0.2) is 17.0 Å². The van der Waals surface area contributed by atoms with Gasteiger partial charge in [-0.2, -0.15) is 5.10 Å². The van der Waals surface area contributed by atoms with Gasteiger partial charge in [-0.15, -0.1) is 0 Å². The predicted octanol–water partition coefficient (Wildman–Crippen LogP) is 3.88. The quantitative estimate of drug-likeness (QED) is 0.578. The molecule has 2 N–H and O–H groups in total. The van der Waals surface area contributed by atoms with Gasteiger partial charge in [-0.05, 0) is 30.7 Å². The van der Waals surface area contributed by atoms with E-state index >= 15 is 0 Å². The van der Waals surface area contributed by atoms with Gasteiger partial charge < -0.3 is 9.73 Å². The highest BCUT2D eigenvalue weighted by atomic mass is 19.1. The van der Waals surface area contributed by atoms with Crippen LogP contribution in [0.4, 0.5) is 10.2 Å². The molecule has 0 unspecified atom stereocenters. The molecule has 0 bridgehead atoms. The number of benzene rings is 2. The van der Waals surface area contributed by atoms with Crippen molar-refractivity contribution in [3.8, 4) is 11.3 Å². The standard InChI is InChI=1S/C20H14FN3O3/c1-11-2-4-12(5-3-11)15-9-19(24-23-15)22-20(26)18-10-16(25)14-8-13(21)6-7-17(14)27-18/h2-10H,1H3,(H2,22,23,24,26). The van der Waals surface area contributed by atoms with Gasteiger partial charge in [0.25, 0.3) is 5.91 Å². The number of nitrogens with one attached hydrogen (secondary N) is 2. The summed E-state index contributed by atoms with van der Waals surface area (Å²) < 4.78 is 18.7. The zero-order valence-corrected chi connectivity index (χ0v) is 14.2. The van der Waals surface area contributed by atoms with Crippen molar-refractivity contribution < 1.29 is 13.6 Å². The van der Waals surface area contributed by atoms with Crippen LogP contribution in [0, 0.1) is 12.7 Å².